The van der Waals surface area contributed by atoms with Gasteiger partial charge in [-0.25, -0.2) is 0 Å². The first-order valence-electron chi connectivity index (χ1n) is 31.0. The van der Waals surface area contributed by atoms with Crippen molar-refractivity contribution in [2.75, 3.05) is 40.9 Å². The maximum absolute atomic E-state index is 13.5. The normalized spacial score (nSPS) is 14.6. The van der Waals surface area contributed by atoms with Gasteiger partial charge in [-0.2, -0.15) is 0 Å². The van der Waals surface area contributed by atoms with E-state index in [-0.39, 0.29) is 31.3 Å². The van der Waals surface area contributed by atoms with Gasteiger partial charge in [-0.3, -0.25) is 14.2 Å². The number of amides is 1. The molecule has 0 rings (SSSR count). The highest BCUT2D eigenvalue weighted by molar-refractivity contribution is 7.45. The highest BCUT2D eigenvalue weighted by Gasteiger charge is 2.27. The van der Waals surface area contributed by atoms with Gasteiger partial charge in [0.1, 0.15) is 19.3 Å². The summed E-state index contributed by atoms with van der Waals surface area (Å²) in [5.41, 5.74) is 0. The quantitative estimate of drug-likeness (QED) is 0.0212. The minimum Gasteiger partial charge on any atom is -0.756 e. The van der Waals surface area contributed by atoms with Crippen molar-refractivity contribution in [1.82, 2.24) is 5.32 Å². The largest absolute Gasteiger partial charge is 0.756 e. The minimum atomic E-state index is -4.72. The molecular weight excluding hydrogens is 988 g/mol. The zero-order valence-electron chi connectivity index (χ0n) is 50.6. The number of unbranched alkanes of at least 4 members (excludes halogenated alkanes) is 18. The lowest BCUT2D eigenvalue weighted by Crippen LogP contribution is -2.47. The first kappa shape index (κ1) is 74.2. The molecule has 0 aliphatic heterocycles. The Kier molecular flexibility index (Phi) is 53.6. The molecule has 9 nitrogen and oxygen atoms in total. The Morgan fingerprint density at radius 2 is 0.821 bits per heavy atom. The fourth-order valence-corrected chi connectivity index (χ4v) is 8.83. The number of hydrogen-bond donors (Lipinski definition) is 1. The Labute approximate surface area is 479 Å². The lowest BCUT2D eigenvalue weighted by molar-refractivity contribution is -0.870. The van der Waals surface area contributed by atoms with Gasteiger partial charge in [-0.05, 0) is 122 Å². The molecule has 0 saturated heterocycles. The minimum absolute atomic E-state index is 0.0389. The molecule has 0 aromatic rings. The Bertz CT molecular complexity index is 1800. The number of esters is 1. The summed E-state index contributed by atoms with van der Waals surface area (Å²) < 4.78 is 30.2. The third-order valence-electron chi connectivity index (χ3n) is 12.8. The Hall–Kier alpha value is -3.85. The van der Waals surface area contributed by atoms with Gasteiger partial charge in [0.15, 0.2) is 0 Å². The lowest BCUT2D eigenvalue weighted by Gasteiger charge is -2.30. The predicted molar refractivity (Wildman–Crippen MR) is 334 cm³/mol. The van der Waals surface area contributed by atoms with E-state index >= 15 is 0 Å². The third kappa shape index (κ3) is 56.9. The van der Waals surface area contributed by atoms with Crippen LogP contribution in [0.25, 0.3) is 0 Å². The summed E-state index contributed by atoms with van der Waals surface area (Å²) in [4.78, 5) is 40.0. The summed E-state index contributed by atoms with van der Waals surface area (Å²) in [6.45, 7) is 6.55. The fourth-order valence-electron chi connectivity index (χ4n) is 8.10. The molecule has 0 aromatic carbocycles. The summed E-state index contributed by atoms with van der Waals surface area (Å²) in [6, 6.07) is -0.921. The van der Waals surface area contributed by atoms with Crippen LogP contribution >= 0.6 is 7.82 Å². The summed E-state index contributed by atoms with van der Waals surface area (Å²) in [6.07, 6.45) is 80.0. The van der Waals surface area contributed by atoms with Crippen molar-refractivity contribution in [3.05, 3.63) is 134 Å². The summed E-state index contributed by atoms with van der Waals surface area (Å²) in [5.74, 6) is -0.606. The number of phosphoric acid groups is 1. The Balaban J connectivity index is 5.26. The van der Waals surface area contributed by atoms with Crippen LogP contribution in [0.2, 0.25) is 0 Å². The number of carbonyl (C=O) groups excluding carboxylic acids is 2. The number of likely N-dealkylation sites (N-methyl/N-ethyl adjacent to an activating group) is 1. The molecule has 0 bridgehead atoms. The number of ether oxygens (including phenoxy) is 1. The van der Waals surface area contributed by atoms with Gasteiger partial charge >= 0.3 is 5.97 Å². The molecular formula is C68H115N2O7P. The second-order valence-corrected chi connectivity index (χ2v) is 22.9. The molecule has 444 valence electrons. The van der Waals surface area contributed by atoms with Gasteiger partial charge in [0.05, 0.1) is 33.8 Å². The number of hydrogen-bond acceptors (Lipinski definition) is 7. The molecule has 0 aliphatic rings. The van der Waals surface area contributed by atoms with Crippen molar-refractivity contribution >= 4 is 19.7 Å². The molecule has 0 aliphatic carbocycles. The summed E-state index contributed by atoms with van der Waals surface area (Å²) >= 11 is 0. The molecule has 0 spiro atoms. The number of quaternary nitrogens is 1. The number of nitrogens with one attached hydrogen (secondary N) is 1. The van der Waals surface area contributed by atoms with Crippen LogP contribution in [0.4, 0.5) is 0 Å². The van der Waals surface area contributed by atoms with Crippen molar-refractivity contribution in [2.45, 2.75) is 245 Å². The molecule has 78 heavy (non-hydrogen) atoms. The predicted octanol–water partition coefficient (Wildman–Crippen LogP) is 18.6. The van der Waals surface area contributed by atoms with Gasteiger partial charge < -0.3 is 28.5 Å². The average molecular weight is 1100 g/mol. The van der Waals surface area contributed by atoms with Gasteiger partial charge in [0.25, 0.3) is 7.82 Å². The third-order valence-corrected chi connectivity index (χ3v) is 13.8. The van der Waals surface area contributed by atoms with E-state index in [0.29, 0.717) is 23.9 Å². The van der Waals surface area contributed by atoms with Crippen molar-refractivity contribution in [1.29, 1.82) is 0 Å². The molecule has 3 atom stereocenters. The van der Waals surface area contributed by atoms with Crippen LogP contribution in [0.1, 0.15) is 233 Å². The van der Waals surface area contributed by atoms with Crippen LogP contribution in [-0.4, -0.2) is 69.4 Å². The van der Waals surface area contributed by atoms with Gasteiger partial charge in [-0.15, -0.1) is 0 Å². The second kappa shape index (κ2) is 56.4. The number of carbonyl (C=O) groups is 2. The molecule has 1 N–H and O–H groups in total. The van der Waals surface area contributed by atoms with E-state index in [2.05, 4.69) is 148 Å². The molecule has 3 unspecified atom stereocenters. The van der Waals surface area contributed by atoms with E-state index in [1.165, 1.54) is 44.9 Å². The molecule has 10 heteroatoms. The maximum atomic E-state index is 13.5. The maximum Gasteiger partial charge on any atom is 0.306 e. The first-order chi connectivity index (χ1) is 37.9. The number of phosphoric ester groups is 1. The monoisotopic (exact) mass is 1100 g/mol. The van der Waals surface area contributed by atoms with E-state index < -0.39 is 26.6 Å². The van der Waals surface area contributed by atoms with Crippen LogP contribution in [0, 0.1) is 0 Å². The standard InChI is InChI=1S/C68H115N2O7P/c1-7-10-13-16-19-22-25-27-29-31-32-33-34-35-36-37-38-39-41-43-46-49-52-55-58-61-68(72)77-66(59-56-53-50-47-44-24-21-18-15-12-9-3)65(64-76-78(73,74)75-63-62-70(4,5)6)69-67(71)60-57-54-51-48-45-42-40-30-28-26-23-20-17-14-11-8-2/h10-11,13-14,19-20,22-23,27-30,32-33,35-36,38-39,42,45,56,59,65-66H,7-9,12,15-18,21,24-26,31,34,37,40-41,43-44,46-55,57-58,60-64H2,1-6H3,(H-,69,71,73,74)/b13-10-,14-11+,22-19-,23-20+,29-27-,30-28+,33-32-,36-35-,39-38-,45-42+,59-56-. The second-order valence-electron chi connectivity index (χ2n) is 21.4. The molecule has 0 fully saturated rings. The van der Waals surface area contributed by atoms with Gasteiger partial charge in [0.2, 0.25) is 5.91 Å². The highest BCUT2D eigenvalue weighted by atomic mass is 31.2. The van der Waals surface area contributed by atoms with E-state index in [0.717, 1.165) is 141 Å². The van der Waals surface area contributed by atoms with Crippen LogP contribution in [0.15, 0.2) is 134 Å². The van der Waals surface area contributed by atoms with Crippen molar-refractivity contribution in [2.24, 2.45) is 0 Å². The summed E-state index contributed by atoms with van der Waals surface area (Å²) in [5, 5.41) is 3.00. The molecule has 1 amide bonds. The Morgan fingerprint density at radius 1 is 0.462 bits per heavy atom. The molecule has 0 radical (unpaired) electrons. The number of rotatable bonds is 54. The topological polar surface area (TPSA) is 114 Å². The SMILES string of the molecule is CC/C=C\C/C=C\C/C=C\C/C=C\C/C=C\C/C=C\CCCCCCCCC(=O)OC(/C=C\CCCCCCCCCCC)C(COP(=O)([O-])OCC[N+](C)(C)C)NC(=O)CCCCC/C=C/C/C=C/C/C=C/C/C=C/CC. The number of nitrogens with zero attached hydrogens (tertiary/aromatic N) is 1. The smallest absolute Gasteiger partial charge is 0.306 e. The first-order valence-corrected chi connectivity index (χ1v) is 32.5. The summed E-state index contributed by atoms with van der Waals surface area (Å²) in [7, 11) is 1.13. The van der Waals surface area contributed by atoms with Crippen molar-refractivity contribution in [3.8, 4) is 0 Å². The van der Waals surface area contributed by atoms with Crippen LogP contribution in [0.3, 0.4) is 0 Å². The fraction of sp³-hybridized carbons (Fsp3) is 0.647. The zero-order chi connectivity index (χ0) is 57.2. The van der Waals surface area contributed by atoms with Crippen molar-refractivity contribution in [3.63, 3.8) is 0 Å². The van der Waals surface area contributed by atoms with E-state index in [1.807, 2.05) is 33.3 Å². The van der Waals surface area contributed by atoms with Crippen LogP contribution in [0.5, 0.6) is 0 Å². The van der Waals surface area contributed by atoms with Crippen LogP contribution < -0.4 is 10.2 Å². The lowest BCUT2D eigenvalue weighted by atomic mass is 10.1. The molecule has 0 heterocycles. The molecule has 0 aromatic heterocycles. The molecule has 0 saturated carbocycles. The average Bonchev–Trinajstić information content (AvgIpc) is 3.41. The van der Waals surface area contributed by atoms with E-state index in [9.17, 15) is 19.0 Å². The van der Waals surface area contributed by atoms with Gasteiger partial charge in [-0.1, -0.05) is 232 Å². The van der Waals surface area contributed by atoms with Crippen LogP contribution in [-0.2, 0) is 27.9 Å². The zero-order valence-corrected chi connectivity index (χ0v) is 51.5. The number of allylic oxidation sites excluding steroid dienone is 21. The van der Waals surface area contributed by atoms with Crippen molar-refractivity contribution < 1.29 is 37.3 Å². The Morgan fingerprint density at radius 3 is 1.24 bits per heavy atom. The van der Waals surface area contributed by atoms with E-state index in [1.54, 1.807) is 0 Å². The van der Waals surface area contributed by atoms with Gasteiger partial charge in [0, 0.05) is 12.8 Å². The van der Waals surface area contributed by atoms with E-state index in [4.69, 9.17) is 13.8 Å². The highest BCUT2D eigenvalue weighted by Crippen LogP contribution is 2.38.